The lowest BCUT2D eigenvalue weighted by molar-refractivity contribution is -0.138. The molecule has 122 valence electrons. The monoisotopic (exact) mass is 316 g/mol. The molecule has 0 saturated carbocycles. The van der Waals surface area contributed by atoms with Crippen LogP contribution in [0.25, 0.3) is 0 Å². The number of aliphatic hydroxyl groups is 1. The van der Waals surface area contributed by atoms with Gasteiger partial charge in [-0.2, -0.15) is 13.2 Å². The molecule has 0 bridgehead atoms. The van der Waals surface area contributed by atoms with Crippen LogP contribution in [0.3, 0.4) is 0 Å². The van der Waals surface area contributed by atoms with Crippen LogP contribution in [0.4, 0.5) is 19.0 Å². The van der Waals surface area contributed by atoms with Crippen molar-refractivity contribution in [3.63, 3.8) is 0 Å². The number of anilines is 1. The summed E-state index contributed by atoms with van der Waals surface area (Å²) in [5, 5.41) is 10.3. The van der Waals surface area contributed by atoms with E-state index in [9.17, 15) is 18.3 Å². The second-order valence-corrected chi connectivity index (χ2v) is 6.37. The quantitative estimate of drug-likeness (QED) is 0.865. The Kier molecular flexibility index (Phi) is 3.71. The predicted octanol–water partition coefficient (Wildman–Crippen LogP) is 2.70. The summed E-state index contributed by atoms with van der Waals surface area (Å²) in [6.45, 7) is 4.83. The summed E-state index contributed by atoms with van der Waals surface area (Å²) in [7, 11) is 0. The lowest BCUT2D eigenvalue weighted by Crippen LogP contribution is -2.55. The number of alkyl halides is 3. The SMILES string of the molecule is CC(C)C1CC2COc3cc(C(F)(F)F)cnc3N2CC1O. The summed E-state index contributed by atoms with van der Waals surface area (Å²) >= 11 is 0. The van der Waals surface area contributed by atoms with Gasteiger partial charge >= 0.3 is 6.18 Å². The van der Waals surface area contributed by atoms with Crippen molar-refractivity contribution in [3.05, 3.63) is 17.8 Å². The molecule has 1 aromatic rings. The maximum atomic E-state index is 12.7. The van der Waals surface area contributed by atoms with E-state index in [-0.39, 0.29) is 17.7 Å². The van der Waals surface area contributed by atoms with E-state index in [1.165, 1.54) is 0 Å². The van der Waals surface area contributed by atoms with Gasteiger partial charge in [0.2, 0.25) is 0 Å². The van der Waals surface area contributed by atoms with Gasteiger partial charge in [-0.05, 0) is 24.3 Å². The average molecular weight is 316 g/mol. The van der Waals surface area contributed by atoms with Gasteiger partial charge in [0.05, 0.1) is 17.7 Å². The molecule has 7 heteroatoms. The maximum absolute atomic E-state index is 12.7. The molecule has 0 aromatic carbocycles. The van der Waals surface area contributed by atoms with E-state index >= 15 is 0 Å². The Morgan fingerprint density at radius 3 is 2.77 bits per heavy atom. The van der Waals surface area contributed by atoms with Gasteiger partial charge in [-0.3, -0.25) is 0 Å². The summed E-state index contributed by atoms with van der Waals surface area (Å²) in [5.74, 6) is 1.05. The number of hydrogen-bond acceptors (Lipinski definition) is 4. The van der Waals surface area contributed by atoms with Gasteiger partial charge in [-0.15, -0.1) is 0 Å². The van der Waals surface area contributed by atoms with Gasteiger partial charge in [0.1, 0.15) is 6.61 Å². The van der Waals surface area contributed by atoms with E-state index in [2.05, 4.69) is 18.8 Å². The minimum atomic E-state index is -4.44. The summed E-state index contributed by atoms with van der Waals surface area (Å²) < 4.78 is 43.7. The topological polar surface area (TPSA) is 45.6 Å². The Morgan fingerprint density at radius 1 is 1.41 bits per heavy atom. The van der Waals surface area contributed by atoms with Crippen LogP contribution >= 0.6 is 0 Å². The molecule has 1 fully saturated rings. The maximum Gasteiger partial charge on any atom is 0.418 e. The van der Waals surface area contributed by atoms with Crippen molar-refractivity contribution in [2.24, 2.45) is 11.8 Å². The Balaban J connectivity index is 1.88. The zero-order valence-corrected chi connectivity index (χ0v) is 12.5. The Hall–Kier alpha value is -1.50. The molecule has 0 amide bonds. The van der Waals surface area contributed by atoms with Crippen LogP contribution in [0.2, 0.25) is 0 Å². The molecule has 1 aromatic heterocycles. The fourth-order valence-electron chi connectivity index (χ4n) is 3.32. The van der Waals surface area contributed by atoms with Gasteiger partial charge in [0.25, 0.3) is 0 Å². The summed E-state index contributed by atoms with van der Waals surface area (Å²) in [6, 6.07) is 1.03. The van der Waals surface area contributed by atoms with E-state index < -0.39 is 17.8 Å². The zero-order valence-electron chi connectivity index (χ0n) is 12.5. The highest BCUT2D eigenvalue weighted by molar-refractivity contribution is 5.56. The molecule has 0 radical (unpaired) electrons. The smallest absolute Gasteiger partial charge is 0.418 e. The number of aromatic nitrogens is 1. The first-order valence-corrected chi connectivity index (χ1v) is 7.42. The van der Waals surface area contributed by atoms with Crippen molar-refractivity contribution in [2.45, 2.75) is 38.6 Å². The van der Waals surface area contributed by atoms with Crippen LogP contribution in [0.5, 0.6) is 5.75 Å². The fraction of sp³-hybridized carbons (Fsp3) is 0.667. The molecule has 3 rings (SSSR count). The van der Waals surface area contributed by atoms with Crippen molar-refractivity contribution >= 4 is 5.82 Å². The van der Waals surface area contributed by atoms with Crippen molar-refractivity contribution in [1.82, 2.24) is 4.98 Å². The highest BCUT2D eigenvalue weighted by Gasteiger charge is 2.41. The van der Waals surface area contributed by atoms with Crippen LogP contribution in [0, 0.1) is 11.8 Å². The van der Waals surface area contributed by atoms with Gasteiger partial charge in [-0.1, -0.05) is 13.8 Å². The first-order valence-electron chi connectivity index (χ1n) is 7.42. The van der Waals surface area contributed by atoms with Gasteiger partial charge < -0.3 is 14.7 Å². The lowest BCUT2D eigenvalue weighted by Gasteiger charge is -2.46. The average Bonchev–Trinajstić information content (AvgIpc) is 2.44. The van der Waals surface area contributed by atoms with Crippen LogP contribution < -0.4 is 9.64 Å². The number of ether oxygens (including phenoxy) is 1. The van der Waals surface area contributed by atoms with E-state index in [0.29, 0.717) is 24.9 Å². The van der Waals surface area contributed by atoms with Crippen molar-refractivity contribution in [3.8, 4) is 5.75 Å². The van der Waals surface area contributed by atoms with E-state index in [1.54, 1.807) is 0 Å². The number of aliphatic hydroxyl groups excluding tert-OH is 1. The first kappa shape index (κ1) is 15.4. The molecule has 0 aliphatic carbocycles. The number of fused-ring (bicyclic) bond motifs is 3. The number of hydrogen-bond donors (Lipinski definition) is 1. The molecule has 4 nitrogen and oxygen atoms in total. The van der Waals surface area contributed by atoms with Crippen molar-refractivity contribution in [2.75, 3.05) is 18.1 Å². The summed E-state index contributed by atoms with van der Waals surface area (Å²) in [6.07, 6.45) is -3.37. The van der Waals surface area contributed by atoms with Crippen molar-refractivity contribution in [1.29, 1.82) is 0 Å². The summed E-state index contributed by atoms with van der Waals surface area (Å²) in [5.41, 5.74) is -0.817. The molecule has 0 spiro atoms. The molecule has 1 N–H and O–H groups in total. The van der Waals surface area contributed by atoms with Crippen LogP contribution in [0.15, 0.2) is 12.3 Å². The van der Waals surface area contributed by atoms with E-state index in [1.807, 2.05) is 4.90 Å². The highest BCUT2D eigenvalue weighted by Crippen LogP contribution is 2.41. The molecule has 2 aliphatic heterocycles. The first-order chi connectivity index (χ1) is 10.3. The van der Waals surface area contributed by atoms with Crippen LogP contribution in [-0.2, 0) is 6.18 Å². The minimum absolute atomic E-state index is 0.0486. The van der Waals surface area contributed by atoms with Gasteiger partial charge in [0, 0.05) is 12.7 Å². The number of nitrogens with zero attached hydrogens (tertiary/aromatic N) is 2. The molecule has 1 saturated heterocycles. The Morgan fingerprint density at radius 2 is 2.14 bits per heavy atom. The second-order valence-electron chi connectivity index (χ2n) is 6.37. The van der Waals surface area contributed by atoms with E-state index in [4.69, 9.17) is 4.74 Å². The molecule has 2 aliphatic rings. The lowest BCUT2D eigenvalue weighted by atomic mass is 9.80. The number of pyridine rings is 1. The third kappa shape index (κ3) is 2.62. The normalized spacial score (nSPS) is 28.1. The minimum Gasteiger partial charge on any atom is -0.488 e. The van der Waals surface area contributed by atoms with Gasteiger partial charge in [0.15, 0.2) is 11.6 Å². The third-order valence-corrected chi connectivity index (χ3v) is 4.58. The molecule has 22 heavy (non-hydrogen) atoms. The van der Waals surface area contributed by atoms with Gasteiger partial charge in [-0.25, -0.2) is 4.98 Å². The predicted molar refractivity (Wildman–Crippen MR) is 74.8 cm³/mol. The molecule has 3 unspecified atom stereocenters. The fourth-order valence-corrected chi connectivity index (χ4v) is 3.32. The third-order valence-electron chi connectivity index (χ3n) is 4.58. The second kappa shape index (κ2) is 5.30. The highest BCUT2D eigenvalue weighted by atomic mass is 19.4. The largest absolute Gasteiger partial charge is 0.488 e. The number of rotatable bonds is 1. The Labute approximate surface area is 126 Å². The standard InChI is InChI=1S/C15H19F3N2O2/c1-8(2)11-4-10-7-22-13-3-9(15(16,17)18)5-19-14(13)20(10)6-12(11)21/h3,5,8,10-12,21H,4,6-7H2,1-2H3. The molecule has 3 atom stereocenters. The summed E-state index contributed by atoms with van der Waals surface area (Å²) in [4.78, 5) is 5.82. The zero-order chi connectivity index (χ0) is 16.1. The Bertz CT molecular complexity index is 562. The van der Waals surface area contributed by atoms with Crippen molar-refractivity contribution < 1.29 is 23.0 Å². The number of halogens is 3. The van der Waals surface area contributed by atoms with Crippen LogP contribution in [0.1, 0.15) is 25.8 Å². The molecule has 3 heterocycles. The number of piperidine rings is 1. The van der Waals surface area contributed by atoms with E-state index in [0.717, 1.165) is 18.7 Å². The molecular formula is C15H19F3N2O2. The molecular weight excluding hydrogens is 297 g/mol. The van der Waals surface area contributed by atoms with Crippen LogP contribution in [-0.4, -0.2) is 35.4 Å².